The first-order chi connectivity index (χ1) is 12.7. The lowest BCUT2D eigenvalue weighted by Crippen LogP contribution is -2.37. The van der Waals surface area contributed by atoms with Crippen molar-refractivity contribution in [2.24, 2.45) is 0 Å². The number of nitrogens with one attached hydrogen (secondary N) is 1. The molecule has 26 heavy (non-hydrogen) atoms. The number of carboxylic acid groups (broad SMARTS) is 1. The second kappa shape index (κ2) is 6.97. The third kappa shape index (κ3) is 3.29. The standard InChI is InChI=1S/C19H18N4O3/c24-18(25)13-4-3-5-14(12-13)20-19-21-16-7-2-1-6-15(16)17(22-19)23-8-10-26-11-9-23/h1-7,12H,8-11H2,(H,24,25)(H,20,21,22). The fourth-order valence-corrected chi connectivity index (χ4v) is 2.99. The van der Waals surface area contributed by atoms with E-state index in [4.69, 9.17) is 14.8 Å². The zero-order valence-electron chi connectivity index (χ0n) is 14.1. The minimum absolute atomic E-state index is 0.212. The average Bonchev–Trinajstić information content (AvgIpc) is 2.68. The Morgan fingerprint density at radius 3 is 2.69 bits per heavy atom. The summed E-state index contributed by atoms with van der Waals surface area (Å²) in [6, 6.07) is 14.5. The van der Waals surface area contributed by atoms with Gasteiger partial charge in [-0.3, -0.25) is 0 Å². The molecule has 1 aromatic heterocycles. The summed E-state index contributed by atoms with van der Waals surface area (Å²) < 4.78 is 5.44. The van der Waals surface area contributed by atoms with Gasteiger partial charge in [0.25, 0.3) is 0 Å². The van der Waals surface area contributed by atoms with E-state index in [-0.39, 0.29) is 5.56 Å². The van der Waals surface area contributed by atoms with Crippen LogP contribution in [0.25, 0.3) is 10.9 Å². The highest BCUT2D eigenvalue weighted by Gasteiger charge is 2.17. The molecule has 2 aromatic carbocycles. The van der Waals surface area contributed by atoms with Gasteiger partial charge >= 0.3 is 5.97 Å². The number of benzene rings is 2. The Morgan fingerprint density at radius 1 is 1.08 bits per heavy atom. The van der Waals surface area contributed by atoms with Crippen LogP contribution < -0.4 is 10.2 Å². The molecule has 2 heterocycles. The van der Waals surface area contributed by atoms with Gasteiger partial charge in [0.05, 0.1) is 24.3 Å². The van der Waals surface area contributed by atoms with Gasteiger partial charge in [-0.15, -0.1) is 0 Å². The highest BCUT2D eigenvalue weighted by molar-refractivity contribution is 5.91. The molecule has 7 nitrogen and oxygen atoms in total. The Balaban J connectivity index is 1.73. The van der Waals surface area contributed by atoms with Crippen LogP contribution in [-0.2, 0) is 4.74 Å². The normalized spacial score (nSPS) is 14.4. The molecule has 1 aliphatic heterocycles. The summed E-state index contributed by atoms with van der Waals surface area (Å²) in [7, 11) is 0. The molecule has 1 aliphatic rings. The number of fused-ring (bicyclic) bond motifs is 1. The van der Waals surface area contributed by atoms with Crippen molar-refractivity contribution in [1.82, 2.24) is 9.97 Å². The minimum atomic E-state index is -0.970. The van der Waals surface area contributed by atoms with Crippen molar-refractivity contribution in [2.45, 2.75) is 0 Å². The molecule has 0 unspecified atom stereocenters. The van der Waals surface area contributed by atoms with Crippen LogP contribution in [0.3, 0.4) is 0 Å². The Kier molecular flexibility index (Phi) is 4.37. The fraction of sp³-hybridized carbons (Fsp3) is 0.211. The predicted molar refractivity (Wildman–Crippen MR) is 99.3 cm³/mol. The largest absolute Gasteiger partial charge is 0.478 e. The molecule has 4 rings (SSSR count). The van der Waals surface area contributed by atoms with Crippen molar-refractivity contribution in [3.8, 4) is 0 Å². The van der Waals surface area contributed by atoms with Crippen LogP contribution >= 0.6 is 0 Å². The van der Waals surface area contributed by atoms with E-state index in [0.29, 0.717) is 24.8 Å². The predicted octanol–water partition coefficient (Wildman–Crippen LogP) is 2.91. The van der Waals surface area contributed by atoms with Crippen LogP contribution in [0, 0.1) is 0 Å². The zero-order valence-corrected chi connectivity index (χ0v) is 14.1. The molecule has 0 amide bonds. The summed E-state index contributed by atoms with van der Waals surface area (Å²) in [4.78, 5) is 22.6. The van der Waals surface area contributed by atoms with Crippen LogP contribution in [0.4, 0.5) is 17.5 Å². The van der Waals surface area contributed by atoms with Crippen molar-refractivity contribution >= 4 is 34.3 Å². The van der Waals surface area contributed by atoms with Gasteiger partial charge in [-0.1, -0.05) is 18.2 Å². The number of morpholine rings is 1. The van der Waals surface area contributed by atoms with Crippen molar-refractivity contribution < 1.29 is 14.6 Å². The number of aromatic nitrogens is 2. The molecule has 0 atom stereocenters. The van der Waals surface area contributed by atoms with Gasteiger partial charge in [0.2, 0.25) is 5.95 Å². The van der Waals surface area contributed by atoms with Gasteiger partial charge in [0, 0.05) is 24.2 Å². The first kappa shape index (κ1) is 16.3. The maximum absolute atomic E-state index is 11.2. The van der Waals surface area contributed by atoms with Gasteiger partial charge in [-0.25, -0.2) is 9.78 Å². The zero-order chi connectivity index (χ0) is 17.9. The topological polar surface area (TPSA) is 87.6 Å². The molecule has 0 bridgehead atoms. The summed E-state index contributed by atoms with van der Waals surface area (Å²) in [6.07, 6.45) is 0. The highest BCUT2D eigenvalue weighted by Crippen LogP contribution is 2.27. The van der Waals surface area contributed by atoms with E-state index in [2.05, 4.69) is 15.2 Å². The number of hydrogen-bond acceptors (Lipinski definition) is 6. The van der Waals surface area contributed by atoms with Gasteiger partial charge in [0.15, 0.2) is 0 Å². The molecule has 0 saturated carbocycles. The van der Waals surface area contributed by atoms with E-state index < -0.39 is 5.97 Å². The van der Waals surface area contributed by atoms with Crippen molar-refractivity contribution in [1.29, 1.82) is 0 Å². The van der Waals surface area contributed by atoms with Crippen LogP contribution in [0.2, 0.25) is 0 Å². The first-order valence-corrected chi connectivity index (χ1v) is 8.40. The molecule has 0 aliphatic carbocycles. The van der Waals surface area contributed by atoms with Crippen LogP contribution in [0.1, 0.15) is 10.4 Å². The van der Waals surface area contributed by atoms with E-state index in [1.807, 2.05) is 24.3 Å². The first-order valence-electron chi connectivity index (χ1n) is 8.40. The maximum atomic E-state index is 11.2. The SMILES string of the molecule is O=C(O)c1cccc(Nc2nc(N3CCOCC3)c3ccccc3n2)c1. The number of para-hydroxylation sites is 1. The summed E-state index contributed by atoms with van der Waals surface area (Å²) >= 11 is 0. The number of aromatic carboxylic acids is 1. The minimum Gasteiger partial charge on any atom is -0.478 e. The third-order valence-corrected chi connectivity index (χ3v) is 4.26. The molecule has 2 N–H and O–H groups in total. The lowest BCUT2D eigenvalue weighted by atomic mass is 10.2. The molecule has 132 valence electrons. The third-order valence-electron chi connectivity index (χ3n) is 4.26. The number of nitrogens with zero attached hydrogens (tertiary/aromatic N) is 3. The summed E-state index contributed by atoms with van der Waals surface area (Å²) in [6.45, 7) is 2.88. The second-order valence-electron chi connectivity index (χ2n) is 6.00. The molecule has 7 heteroatoms. The molecule has 1 fully saturated rings. The van der Waals surface area contributed by atoms with Crippen LogP contribution in [0.15, 0.2) is 48.5 Å². The number of anilines is 3. The molecule has 3 aromatic rings. The Bertz CT molecular complexity index is 954. The van der Waals surface area contributed by atoms with Crippen molar-refractivity contribution in [3.63, 3.8) is 0 Å². The molecular weight excluding hydrogens is 332 g/mol. The number of carbonyl (C=O) groups is 1. The van der Waals surface area contributed by atoms with Crippen molar-refractivity contribution in [2.75, 3.05) is 36.5 Å². The fourth-order valence-electron chi connectivity index (χ4n) is 2.99. The lowest BCUT2D eigenvalue weighted by molar-refractivity contribution is 0.0697. The number of ether oxygens (including phenoxy) is 1. The molecule has 1 saturated heterocycles. The molecular formula is C19H18N4O3. The number of rotatable bonds is 4. The summed E-state index contributed by atoms with van der Waals surface area (Å²) in [5.41, 5.74) is 1.68. The Hall–Kier alpha value is -3.19. The monoisotopic (exact) mass is 350 g/mol. The molecule has 0 spiro atoms. The van der Waals surface area contributed by atoms with Crippen LogP contribution in [0.5, 0.6) is 0 Å². The number of hydrogen-bond donors (Lipinski definition) is 2. The Labute approximate surface area is 150 Å². The van der Waals surface area contributed by atoms with E-state index >= 15 is 0 Å². The summed E-state index contributed by atoms with van der Waals surface area (Å²) in [5.74, 6) is 0.325. The van der Waals surface area contributed by atoms with Gasteiger partial charge < -0.3 is 20.1 Å². The molecule has 0 radical (unpaired) electrons. The second-order valence-corrected chi connectivity index (χ2v) is 6.00. The van der Waals surface area contributed by atoms with Gasteiger partial charge in [-0.2, -0.15) is 4.98 Å². The summed E-state index contributed by atoms with van der Waals surface area (Å²) in [5, 5.41) is 13.3. The van der Waals surface area contributed by atoms with E-state index in [9.17, 15) is 4.79 Å². The average molecular weight is 350 g/mol. The quantitative estimate of drug-likeness (QED) is 0.748. The van der Waals surface area contributed by atoms with Gasteiger partial charge in [-0.05, 0) is 30.3 Å². The van der Waals surface area contributed by atoms with Crippen LogP contribution in [-0.4, -0.2) is 47.3 Å². The van der Waals surface area contributed by atoms with E-state index in [0.717, 1.165) is 29.8 Å². The van der Waals surface area contributed by atoms with Gasteiger partial charge in [0.1, 0.15) is 5.82 Å². The maximum Gasteiger partial charge on any atom is 0.335 e. The van der Waals surface area contributed by atoms with E-state index in [1.54, 1.807) is 24.3 Å². The number of carboxylic acids is 1. The Morgan fingerprint density at radius 2 is 1.88 bits per heavy atom. The van der Waals surface area contributed by atoms with Crippen molar-refractivity contribution in [3.05, 3.63) is 54.1 Å². The lowest BCUT2D eigenvalue weighted by Gasteiger charge is -2.29. The smallest absolute Gasteiger partial charge is 0.335 e. The highest BCUT2D eigenvalue weighted by atomic mass is 16.5. The van der Waals surface area contributed by atoms with E-state index in [1.165, 1.54) is 0 Å².